The summed E-state index contributed by atoms with van der Waals surface area (Å²) < 4.78 is 39.4. The normalized spacial score (nSPS) is 15.9. The SMILES string of the molecule is CCC(F)(F)CC.CCCC(=O)c1nc2n(n1)C(c1ccccc1F)CC2. The minimum Gasteiger partial charge on any atom is -0.291 e. The molecular weight excluding hydrogens is 355 g/mol. The third kappa shape index (κ3) is 5.17. The zero-order valence-corrected chi connectivity index (χ0v) is 16.0. The average molecular weight is 381 g/mol. The molecule has 0 amide bonds. The summed E-state index contributed by atoms with van der Waals surface area (Å²) in [6.07, 6.45) is 2.66. The molecule has 0 radical (unpaired) electrons. The fourth-order valence-electron chi connectivity index (χ4n) is 2.90. The Kier molecular flexibility index (Phi) is 7.16. The smallest absolute Gasteiger partial charge is 0.247 e. The molecule has 1 aromatic heterocycles. The summed E-state index contributed by atoms with van der Waals surface area (Å²) in [5.74, 6) is -1.65. The first kappa shape index (κ1) is 21.1. The summed E-state index contributed by atoms with van der Waals surface area (Å²) in [6.45, 7) is 4.93. The van der Waals surface area contributed by atoms with Crippen LogP contribution in [0.3, 0.4) is 0 Å². The van der Waals surface area contributed by atoms with Gasteiger partial charge in [-0.15, -0.1) is 5.10 Å². The fraction of sp³-hybridized carbons (Fsp3) is 0.550. The first-order chi connectivity index (χ1) is 12.8. The number of nitrogens with zero attached hydrogens (tertiary/aromatic N) is 3. The van der Waals surface area contributed by atoms with Crippen molar-refractivity contribution in [1.82, 2.24) is 14.8 Å². The molecular formula is C20H26F3N3O. The molecule has 4 nitrogen and oxygen atoms in total. The highest BCUT2D eigenvalue weighted by atomic mass is 19.3. The first-order valence-electron chi connectivity index (χ1n) is 9.43. The van der Waals surface area contributed by atoms with Crippen molar-refractivity contribution >= 4 is 5.78 Å². The molecule has 1 unspecified atom stereocenters. The molecule has 0 spiro atoms. The van der Waals surface area contributed by atoms with E-state index in [1.54, 1.807) is 16.8 Å². The van der Waals surface area contributed by atoms with Gasteiger partial charge in [0.1, 0.15) is 11.6 Å². The summed E-state index contributed by atoms with van der Waals surface area (Å²) in [5, 5.41) is 4.30. The molecule has 3 rings (SSSR count). The van der Waals surface area contributed by atoms with Crippen LogP contribution in [0.5, 0.6) is 0 Å². The van der Waals surface area contributed by atoms with Crippen LogP contribution in [-0.2, 0) is 6.42 Å². The van der Waals surface area contributed by atoms with E-state index >= 15 is 0 Å². The van der Waals surface area contributed by atoms with Crippen molar-refractivity contribution < 1.29 is 18.0 Å². The topological polar surface area (TPSA) is 47.8 Å². The van der Waals surface area contributed by atoms with E-state index in [0.717, 1.165) is 25.1 Å². The molecule has 7 heteroatoms. The van der Waals surface area contributed by atoms with Gasteiger partial charge in [0, 0.05) is 31.2 Å². The van der Waals surface area contributed by atoms with Gasteiger partial charge in [-0.05, 0) is 18.9 Å². The fourth-order valence-corrected chi connectivity index (χ4v) is 2.90. The Labute approximate surface area is 157 Å². The lowest BCUT2D eigenvalue weighted by molar-refractivity contribution is -0.00647. The number of halogens is 3. The molecule has 0 fully saturated rings. The van der Waals surface area contributed by atoms with Crippen LogP contribution in [0.4, 0.5) is 13.2 Å². The zero-order valence-electron chi connectivity index (χ0n) is 16.0. The highest BCUT2D eigenvalue weighted by molar-refractivity contribution is 5.92. The summed E-state index contributed by atoms with van der Waals surface area (Å²) in [6, 6.07) is 6.56. The number of carbonyl (C=O) groups excluding carboxylic acids is 1. The average Bonchev–Trinajstić information content (AvgIpc) is 3.24. The van der Waals surface area contributed by atoms with E-state index in [1.807, 2.05) is 13.0 Å². The van der Waals surface area contributed by atoms with Crippen LogP contribution in [0.1, 0.15) is 80.9 Å². The Hall–Kier alpha value is -2.18. The maximum absolute atomic E-state index is 13.9. The predicted octanol–water partition coefficient (Wildman–Crippen LogP) is 5.38. The van der Waals surface area contributed by atoms with E-state index in [4.69, 9.17) is 0 Å². The standard InChI is InChI=1S/C15H16FN3O.C5H10F2/c1-2-5-13(20)15-17-14-9-8-12(19(14)18-15)10-6-3-4-7-11(10)16;1-3-5(6,7)4-2/h3-4,6-7,12H,2,5,8-9H2,1H3;3-4H2,1-2H3. The van der Waals surface area contributed by atoms with Gasteiger partial charge in [-0.2, -0.15) is 0 Å². The predicted molar refractivity (Wildman–Crippen MR) is 97.6 cm³/mol. The highest BCUT2D eigenvalue weighted by Crippen LogP contribution is 2.31. The summed E-state index contributed by atoms with van der Waals surface area (Å²) >= 11 is 0. The minimum atomic E-state index is -2.42. The number of alkyl halides is 2. The third-order valence-electron chi connectivity index (χ3n) is 4.66. The van der Waals surface area contributed by atoms with E-state index in [9.17, 15) is 18.0 Å². The van der Waals surface area contributed by atoms with E-state index in [1.165, 1.54) is 19.9 Å². The molecule has 0 aliphatic carbocycles. The van der Waals surface area contributed by atoms with Crippen LogP contribution in [0.25, 0.3) is 0 Å². The van der Waals surface area contributed by atoms with Gasteiger partial charge in [0.2, 0.25) is 17.5 Å². The molecule has 1 atom stereocenters. The van der Waals surface area contributed by atoms with Crippen LogP contribution in [0.15, 0.2) is 24.3 Å². The second kappa shape index (κ2) is 9.15. The second-order valence-corrected chi connectivity index (χ2v) is 6.61. The van der Waals surface area contributed by atoms with Crippen LogP contribution in [0, 0.1) is 5.82 Å². The van der Waals surface area contributed by atoms with Gasteiger partial charge in [0.15, 0.2) is 0 Å². The molecule has 2 heterocycles. The summed E-state index contributed by atoms with van der Waals surface area (Å²) in [7, 11) is 0. The van der Waals surface area contributed by atoms with Crippen LogP contribution >= 0.6 is 0 Å². The molecule has 2 aromatic rings. The van der Waals surface area contributed by atoms with Gasteiger partial charge in [-0.1, -0.05) is 39.0 Å². The van der Waals surface area contributed by atoms with E-state index < -0.39 is 5.92 Å². The summed E-state index contributed by atoms with van der Waals surface area (Å²) in [5.41, 5.74) is 0.616. The molecule has 27 heavy (non-hydrogen) atoms. The molecule has 1 aliphatic rings. The van der Waals surface area contributed by atoms with Crippen LogP contribution in [-0.4, -0.2) is 26.5 Å². The molecule has 0 saturated heterocycles. The number of carbonyl (C=O) groups is 1. The lowest BCUT2D eigenvalue weighted by Crippen LogP contribution is -2.11. The van der Waals surface area contributed by atoms with Gasteiger partial charge < -0.3 is 0 Å². The van der Waals surface area contributed by atoms with Gasteiger partial charge >= 0.3 is 0 Å². The first-order valence-corrected chi connectivity index (χ1v) is 9.43. The third-order valence-corrected chi connectivity index (χ3v) is 4.66. The Balaban J connectivity index is 0.000000321. The zero-order chi connectivity index (χ0) is 20.0. The van der Waals surface area contributed by atoms with Crippen molar-refractivity contribution in [2.24, 2.45) is 0 Å². The molecule has 0 N–H and O–H groups in total. The Bertz CT molecular complexity index is 768. The van der Waals surface area contributed by atoms with Crippen molar-refractivity contribution in [3.8, 4) is 0 Å². The number of rotatable bonds is 6. The van der Waals surface area contributed by atoms with Crippen molar-refractivity contribution in [3.63, 3.8) is 0 Å². The maximum Gasteiger partial charge on any atom is 0.247 e. The van der Waals surface area contributed by atoms with Crippen LogP contribution in [0.2, 0.25) is 0 Å². The number of benzene rings is 1. The molecule has 148 valence electrons. The number of aryl methyl sites for hydroxylation is 1. The molecule has 0 saturated carbocycles. The number of ketones is 1. The van der Waals surface area contributed by atoms with E-state index in [2.05, 4.69) is 10.1 Å². The molecule has 1 aromatic carbocycles. The van der Waals surface area contributed by atoms with Crippen molar-refractivity contribution in [2.45, 2.75) is 71.3 Å². The number of aromatic nitrogens is 3. The number of hydrogen-bond acceptors (Lipinski definition) is 3. The monoisotopic (exact) mass is 381 g/mol. The van der Waals surface area contributed by atoms with Gasteiger partial charge in [0.05, 0.1) is 6.04 Å². The van der Waals surface area contributed by atoms with Gasteiger partial charge in [-0.3, -0.25) is 4.79 Å². The lowest BCUT2D eigenvalue weighted by atomic mass is 10.0. The van der Waals surface area contributed by atoms with Crippen molar-refractivity contribution in [2.75, 3.05) is 0 Å². The number of Topliss-reactive ketones (excluding diaryl/α,β-unsaturated/α-hetero) is 1. The van der Waals surface area contributed by atoms with Gasteiger partial charge in [0.25, 0.3) is 0 Å². The van der Waals surface area contributed by atoms with Gasteiger partial charge in [-0.25, -0.2) is 22.8 Å². The number of fused-ring (bicyclic) bond motifs is 1. The lowest BCUT2D eigenvalue weighted by Gasteiger charge is -2.12. The van der Waals surface area contributed by atoms with E-state index in [0.29, 0.717) is 12.0 Å². The molecule has 0 bridgehead atoms. The molecule has 1 aliphatic heterocycles. The maximum atomic E-state index is 13.9. The quantitative estimate of drug-likeness (QED) is 0.632. The number of hydrogen-bond donors (Lipinski definition) is 0. The van der Waals surface area contributed by atoms with E-state index in [-0.39, 0.29) is 36.3 Å². The Morgan fingerprint density at radius 2 is 1.89 bits per heavy atom. The Morgan fingerprint density at radius 1 is 1.22 bits per heavy atom. The van der Waals surface area contributed by atoms with Crippen LogP contribution < -0.4 is 0 Å². The van der Waals surface area contributed by atoms with Crippen molar-refractivity contribution in [3.05, 3.63) is 47.3 Å². The highest BCUT2D eigenvalue weighted by Gasteiger charge is 2.29. The minimum absolute atomic E-state index is 0.0382. The van der Waals surface area contributed by atoms with Crippen molar-refractivity contribution in [1.29, 1.82) is 0 Å². The summed E-state index contributed by atoms with van der Waals surface area (Å²) in [4.78, 5) is 16.1. The second-order valence-electron chi connectivity index (χ2n) is 6.61. The largest absolute Gasteiger partial charge is 0.291 e. The Morgan fingerprint density at radius 3 is 2.44 bits per heavy atom.